The average molecular weight is 254 g/mol. The third-order valence-electron chi connectivity index (χ3n) is 3.14. The van der Waals surface area contributed by atoms with E-state index in [9.17, 15) is 4.79 Å². The summed E-state index contributed by atoms with van der Waals surface area (Å²) in [6.07, 6.45) is 1.85. The monoisotopic (exact) mass is 254 g/mol. The normalized spacial score (nSPS) is 19.1. The predicted molar refractivity (Wildman–Crippen MR) is 67.4 cm³/mol. The highest BCUT2D eigenvalue weighted by atomic mass is 32.1. The molecule has 0 atom stereocenters. The van der Waals surface area contributed by atoms with Crippen LogP contribution in [0, 0.1) is 0 Å². The molecule has 0 unspecified atom stereocenters. The number of Topliss-reactive ketones (excluding diaryl/α,β-unsaturated/α-hetero) is 1. The molecule has 3 nitrogen and oxygen atoms in total. The van der Waals surface area contributed by atoms with Crippen molar-refractivity contribution >= 4 is 17.1 Å². The van der Waals surface area contributed by atoms with E-state index in [-0.39, 0.29) is 5.78 Å². The van der Waals surface area contributed by atoms with Gasteiger partial charge in [0.15, 0.2) is 5.78 Å². The Hall–Kier alpha value is -0.710. The first-order valence-corrected chi connectivity index (χ1v) is 6.92. The molecule has 0 aliphatic carbocycles. The van der Waals surface area contributed by atoms with Crippen molar-refractivity contribution in [2.75, 3.05) is 19.8 Å². The zero-order chi connectivity index (χ0) is 12.1. The molecule has 0 amide bonds. The van der Waals surface area contributed by atoms with Gasteiger partial charge in [0.05, 0.1) is 0 Å². The van der Waals surface area contributed by atoms with Crippen LogP contribution < -0.4 is 0 Å². The lowest BCUT2D eigenvalue weighted by Gasteiger charge is -2.35. The fraction of sp³-hybridized carbons (Fsp3) is 0.615. The van der Waals surface area contributed by atoms with Gasteiger partial charge in [-0.15, -0.1) is 11.3 Å². The molecule has 0 saturated carbocycles. The van der Waals surface area contributed by atoms with E-state index in [0.29, 0.717) is 39.1 Å². The lowest BCUT2D eigenvalue weighted by atomic mass is 9.87. The summed E-state index contributed by atoms with van der Waals surface area (Å²) in [6, 6.07) is 3.98. The molecule has 1 aromatic rings. The summed E-state index contributed by atoms with van der Waals surface area (Å²) in [5, 5.41) is 2.00. The Morgan fingerprint density at radius 2 is 2.29 bits per heavy atom. The molecule has 0 aromatic carbocycles. The molecular weight excluding hydrogens is 236 g/mol. The molecule has 2 rings (SSSR count). The van der Waals surface area contributed by atoms with Crippen LogP contribution in [-0.2, 0) is 20.7 Å². The summed E-state index contributed by atoms with van der Waals surface area (Å²) >= 11 is 1.62. The maximum absolute atomic E-state index is 12.4. The molecule has 94 valence electrons. The Morgan fingerprint density at radius 3 is 2.88 bits per heavy atom. The van der Waals surface area contributed by atoms with Crippen LogP contribution in [0.1, 0.15) is 24.6 Å². The van der Waals surface area contributed by atoms with E-state index in [1.54, 1.807) is 11.3 Å². The molecule has 17 heavy (non-hydrogen) atoms. The molecule has 0 N–H and O–H groups in total. The van der Waals surface area contributed by atoms with E-state index in [4.69, 9.17) is 9.47 Å². The number of hydrogen-bond acceptors (Lipinski definition) is 4. The van der Waals surface area contributed by atoms with Crippen LogP contribution in [0.25, 0.3) is 0 Å². The van der Waals surface area contributed by atoms with Crippen molar-refractivity contribution in [3.05, 3.63) is 22.4 Å². The minimum atomic E-state index is -0.600. The van der Waals surface area contributed by atoms with Crippen molar-refractivity contribution in [2.45, 2.75) is 31.8 Å². The molecule has 0 radical (unpaired) electrons. The lowest BCUT2D eigenvalue weighted by molar-refractivity contribution is -0.156. The first-order chi connectivity index (χ1) is 8.27. The smallest absolute Gasteiger partial charge is 0.169 e. The van der Waals surface area contributed by atoms with Gasteiger partial charge in [-0.3, -0.25) is 4.79 Å². The number of carbonyl (C=O) groups is 1. The summed E-state index contributed by atoms with van der Waals surface area (Å²) in [5.74, 6) is 0.199. The predicted octanol–water partition coefficient (Wildman–Crippen LogP) is 2.45. The maximum atomic E-state index is 12.4. The third kappa shape index (κ3) is 2.94. The van der Waals surface area contributed by atoms with Gasteiger partial charge in [0, 0.05) is 44.0 Å². The minimum absolute atomic E-state index is 0.199. The SMILES string of the molecule is CCOC1(C(=O)Cc2cccs2)CCOCC1. The summed E-state index contributed by atoms with van der Waals surface area (Å²) in [7, 11) is 0. The number of ketones is 1. The highest BCUT2D eigenvalue weighted by Crippen LogP contribution is 2.28. The molecular formula is C13H18O3S. The molecule has 0 bridgehead atoms. The van der Waals surface area contributed by atoms with Crippen LogP contribution in [0.2, 0.25) is 0 Å². The van der Waals surface area contributed by atoms with Crippen molar-refractivity contribution in [3.8, 4) is 0 Å². The molecule has 1 fully saturated rings. The van der Waals surface area contributed by atoms with Crippen LogP contribution in [0.5, 0.6) is 0 Å². The van der Waals surface area contributed by atoms with Gasteiger partial charge in [-0.1, -0.05) is 6.07 Å². The number of carbonyl (C=O) groups excluding carboxylic acids is 1. The Bertz CT molecular complexity index is 347. The number of hydrogen-bond donors (Lipinski definition) is 0. The quantitative estimate of drug-likeness (QED) is 0.809. The van der Waals surface area contributed by atoms with E-state index in [1.807, 2.05) is 24.4 Å². The van der Waals surface area contributed by atoms with Gasteiger partial charge in [0.2, 0.25) is 0 Å². The molecule has 2 heterocycles. The van der Waals surface area contributed by atoms with Gasteiger partial charge in [0.25, 0.3) is 0 Å². The first kappa shape index (κ1) is 12.7. The number of thiophene rings is 1. The first-order valence-electron chi connectivity index (χ1n) is 6.04. The van der Waals surface area contributed by atoms with Crippen molar-refractivity contribution in [1.29, 1.82) is 0 Å². The average Bonchev–Trinajstić information content (AvgIpc) is 2.83. The van der Waals surface area contributed by atoms with Crippen molar-refractivity contribution < 1.29 is 14.3 Å². The molecule has 4 heteroatoms. The van der Waals surface area contributed by atoms with Crippen molar-refractivity contribution in [1.82, 2.24) is 0 Å². The fourth-order valence-corrected chi connectivity index (χ4v) is 2.92. The molecule has 1 saturated heterocycles. The van der Waals surface area contributed by atoms with Crippen LogP contribution >= 0.6 is 11.3 Å². The lowest BCUT2D eigenvalue weighted by Crippen LogP contribution is -2.47. The summed E-state index contributed by atoms with van der Waals surface area (Å²) in [6.45, 7) is 3.76. The second kappa shape index (κ2) is 5.76. The highest BCUT2D eigenvalue weighted by Gasteiger charge is 2.40. The van der Waals surface area contributed by atoms with Crippen LogP contribution in [0.3, 0.4) is 0 Å². The summed E-state index contributed by atoms with van der Waals surface area (Å²) in [4.78, 5) is 13.5. The van der Waals surface area contributed by atoms with Gasteiger partial charge in [-0.05, 0) is 18.4 Å². The maximum Gasteiger partial charge on any atom is 0.169 e. The second-order valence-electron chi connectivity index (χ2n) is 4.22. The highest BCUT2D eigenvalue weighted by molar-refractivity contribution is 7.10. The van der Waals surface area contributed by atoms with E-state index in [2.05, 4.69) is 0 Å². The number of rotatable bonds is 5. The van der Waals surface area contributed by atoms with E-state index < -0.39 is 5.60 Å². The van der Waals surface area contributed by atoms with E-state index in [0.717, 1.165) is 4.88 Å². The largest absolute Gasteiger partial charge is 0.381 e. The second-order valence-corrected chi connectivity index (χ2v) is 5.25. The number of ether oxygens (including phenoxy) is 2. The minimum Gasteiger partial charge on any atom is -0.381 e. The topological polar surface area (TPSA) is 35.5 Å². The van der Waals surface area contributed by atoms with E-state index in [1.165, 1.54) is 0 Å². The Morgan fingerprint density at radius 1 is 1.53 bits per heavy atom. The van der Waals surface area contributed by atoms with Gasteiger partial charge >= 0.3 is 0 Å². The molecule has 1 aliphatic heterocycles. The Labute approximate surface area is 106 Å². The Kier molecular flexibility index (Phi) is 4.31. The third-order valence-corrected chi connectivity index (χ3v) is 4.02. The Balaban J connectivity index is 2.06. The molecule has 1 aromatic heterocycles. The van der Waals surface area contributed by atoms with Gasteiger partial charge in [-0.25, -0.2) is 0 Å². The van der Waals surface area contributed by atoms with Gasteiger partial charge in [-0.2, -0.15) is 0 Å². The van der Waals surface area contributed by atoms with Crippen LogP contribution in [-0.4, -0.2) is 31.2 Å². The fourth-order valence-electron chi connectivity index (χ4n) is 2.21. The zero-order valence-corrected chi connectivity index (χ0v) is 10.9. The van der Waals surface area contributed by atoms with Crippen molar-refractivity contribution in [3.63, 3.8) is 0 Å². The van der Waals surface area contributed by atoms with Crippen LogP contribution in [0.4, 0.5) is 0 Å². The van der Waals surface area contributed by atoms with Crippen LogP contribution in [0.15, 0.2) is 17.5 Å². The standard InChI is InChI=1S/C13H18O3S/c1-2-16-13(5-7-15-8-6-13)12(14)10-11-4-3-9-17-11/h3-4,9H,2,5-8,10H2,1H3. The van der Waals surface area contributed by atoms with E-state index >= 15 is 0 Å². The zero-order valence-electron chi connectivity index (χ0n) is 10.1. The van der Waals surface area contributed by atoms with Gasteiger partial charge < -0.3 is 9.47 Å². The van der Waals surface area contributed by atoms with Gasteiger partial charge in [0.1, 0.15) is 5.60 Å². The molecule has 1 aliphatic rings. The molecule has 0 spiro atoms. The summed E-state index contributed by atoms with van der Waals surface area (Å²) < 4.78 is 11.1. The van der Waals surface area contributed by atoms with Crippen molar-refractivity contribution in [2.24, 2.45) is 0 Å². The summed E-state index contributed by atoms with van der Waals surface area (Å²) in [5.41, 5.74) is -0.600.